The van der Waals surface area contributed by atoms with Gasteiger partial charge in [-0.25, -0.2) is 8.42 Å². The number of para-hydroxylation sites is 1. The topological polar surface area (TPSA) is 90.0 Å². The summed E-state index contributed by atoms with van der Waals surface area (Å²) in [6, 6.07) is 9.00. The van der Waals surface area contributed by atoms with Gasteiger partial charge in [0.2, 0.25) is 10.0 Å². The highest BCUT2D eigenvalue weighted by molar-refractivity contribution is 8.01. The number of hydrogen-bond donors (Lipinski definition) is 2. The lowest BCUT2D eigenvalue weighted by molar-refractivity contribution is 0.602. The lowest BCUT2D eigenvalue weighted by atomic mass is 10.3. The fourth-order valence-electron chi connectivity index (χ4n) is 1.55. The summed E-state index contributed by atoms with van der Waals surface area (Å²) in [6.07, 6.45) is 1.68. The number of hydrogen-bond acceptors (Lipinski definition) is 5. The third kappa shape index (κ3) is 4.17. The average molecular weight is 312 g/mol. The molecule has 20 heavy (non-hydrogen) atoms. The Kier molecular flexibility index (Phi) is 4.56. The van der Waals surface area contributed by atoms with Crippen LogP contribution >= 0.6 is 11.8 Å². The number of aryl methyl sites for hydroxylation is 1. The predicted octanol–water partition coefficient (Wildman–Crippen LogP) is 1.54. The SMILES string of the molecule is Cn1ccc(NS(=O)(=O)CCSc2ccccc2N)n1. The Bertz CT molecular complexity index is 682. The predicted molar refractivity (Wildman–Crippen MR) is 82.2 cm³/mol. The van der Waals surface area contributed by atoms with Crippen LogP contribution in [0, 0.1) is 0 Å². The van der Waals surface area contributed by atoms with Gasteiger partial charge < -0.3 is 5.73 Å². The molecule has 3 N–H and O–H groups in total. The highest BCUT2D eigenvalue weighted by atomic mass is 32.2. The molecule has 108 valence electrons. The van der Waals surface area contributed by atoms with Crippen LogP contribution in [0.2, 0.25) is 0 Å². The molecule has 0 radical (unpaired) electrons. The van der Waals surface area contributed by atoms with E-state index in [0.717, 1.165) is 4.90 Å². The minimum Gasteiger partial charge on any atom is -0.398 e. The van der Waals surface area contributed by atoms with Gasteiger partial charge in [0.25, 0.3) is 0 Å². The molecule has 0 bridgehead atoms. The summed E-state index contributed by atoms with van der Waals surface area (Å²) in [4.78, 5) is 0.889. The van der Waals surface area contributed by atoms with E-state index in [9.17, 15) is 8.42 Å². The van der Waals surface area contributed by atoms with Crippen molar-refractivity contribution in [3.63, 3.8) is 0 Å². The molecule has 2 aromatic rings. The van der Waals surface area contributed by atoms with Crippen molar-refractivity contribution in [1.29, 1.82) is 0 Å². The van der Waals surface area contributed by atoms with E-state index in [-0.39, 0.29) is 5.75 Å². The van der Waals surface area contributed by atoms with Gasteiger partial charge in [0.15, 0.2) is 5.82 Å². The minimum absolute atomic E-state index is 0.00255. The molecule has 0 atom stereocenters. The Hall–Kier alpha value is -1.67. The monoisotopic (exact) mass is 312 g/mol. The molecule has 0 aliphatic heterocycles. The highest BCUT2D eigenvalue weighted by Crippen LogP contribution is 2.24. The van der Waals surface area contributed by atoms with E-state index in [1.54, 1.807) is 25.4 Å². The minimum atomic E-state index is -3.39. The maximum atomic E-state index is 11.9. The van der Waals surface area contributed by atoms with Crippen LogP contribution < -0.4 is 10.5 Å². The quantitative estimate of drug-likeness (QED) is 0.624. The number of anilines is 2. The molecule has 0 aliphatic rings. The summed E-state index contributed by atoms with van der Waals surface area (Å²) >= 11 is 1.42. The van der Waals surface area contributed by atoms with Crippen LogP contribution in [0.25, 0.3) is 0 Å². The van der Waals surface area contributed by atoms with E-state index < -0.39 is 10.0 Å². The smallest absolute Gasteiger partial charge is 0.234 e. The van der Waals surface area contributed by atoms with E-state index in [1.807, 2.05) is 18.2 Å². The zero-order valence-corrected chi connectivity index (χ0v) is 12.6. The normalized spacial score (nSPS) is 11.4. The van der Waals surface area contributed by atoms with Gasteiger partial charge >= 0.3 is 0 Å². The van der Waals surface area contributed by atoms with Crippen molar-refractivity contribution in [1.82, 2.24) is 9.78 Å². The van der Waals surface area contributed by atoms with Crippen LogP contribution in [0.5, 0.6) is 0 Å². The van der Waals surface area contributed by atoms with Crippen molar-refractivity contribution in [2.24, 2.45) is 7.05 Å². The van der Waals surface area contributed by atoms with Crippen molar-refractivity contribution >= 4 is 33.3 Å². The number of nitrogen functional groups attached to an aromatic ring is 1. The summed E-state index contributed by atoms with van der Waals surface area (Å²) in [5.74, 6) is 0.760. The number of nitrogens with zero attached hydrogens (tertiary/aromatic N) is 2. The fraction of sp³-hybridized carbons (Fsp3) is 0.250. The molecule has 1 aromatic carbocycles. The lowest BCUT2D eigenvalue weighted by Crippen LogP contribution is -2.18. The molecule has 0 saturated carbocycles. The summed E-state index contributed by atoms with van der Waals surface area (Å²) in [5, 5.41) is 3.98. The van der Waals surface area contributed by atoms with E-state index >= 15 is 0 Å². The molecule has 6 nitrogen and oxygen atoms in total. The summed E-state index contributed by atoms with van der Waals surface area (Å²) in [7, 11) is -1.66. The molecule has 1 aromatic heterocycles. The zero-order chi connectivity index (χ0) is 14.6. The van der Waals surface area contributed by atoms with E-state index in [0.29, 0.717) is 17.3 Å². The van der Waals surface area contributed by atoms with Crippen molar-refractivity contribution in [3.05, 3.63) is 36.5 Å². The first-order valence-corrected chi connectivity index (χ1v) is 8.57. The number of nitrogens with two attached hydrogens (primary N) is 1. The third-order valence-electron chi connectivity index (χ3n) is 2.50. The molecule has 1 heterocycles. The molecule has 0 saturated heterocycles. The second kappa shape index (κ2) is 6.19. The van der Waals surface area contributed by atoms with Crippen molar-refractivity contribution in [2.75, 3.05) is 22.0 Å². The summed E-state index contributed by atoms with van der Waals surface area (Å²) in [5.41, 5.74) is 6.46. The van der Waals surface area contributed by atoms with Crippen LogP contribution in [-0.2, 0) is 17.1 Å². The van der Waals surface area contributed by atoms with Crippen LogP contribution in [0.1, 0.15) is 0 Å². The second-order valence-corrected chi connectivity index (χ2v) is 7.16. The van der Waals surface area contributed by atoms with Gasteiger partial charge in [0.05, 0.1) is 5.75 Å². The number of thioether (sulfide) groups is 1. The molecule has 2 rings (SSSR count). The summed E-state index contributed by atoms with van der Waals surface area (Å²) < 4.78 is 27.7. The Labute approximate surface area is 122 Å². The number of sulfonamides is 1. The van der Waals surface area contributed by atoms with Gasteiger partial charge in [-0.15, -0.1) is 11.8 Å². The molecule has 8 heteroatoms. The number of benzene rings is 1. The van der Waals surface area contributed by atoms with Gasteiger partial charge in [-0.1, -0.05) is 12.1 Å². The highest BCUT2D eigenvalue weighted by Gasteiger charge is 2.12. The van der Waals surface area contributed by atoms with Crippen LogP contribution in [0.4, 0.5) is 11.5 Å². The maximum absolute atomic E-state index is 11.9. The Morgan fingerprint density at radius 3 is 2.75 bits per heavy atom. The Balaban J connectivity index is 1.88. The zero-order valence-electron chi connectivity index (χ0n) is 11.0. The molecule has 0 unspecified atom stereocenters. The maximum Gasteiger partial charge on any atom is 0.234 e. The van der Waals surface area contributed by atoms with Gasteiger partial charge in [-0.05, 0) is 12.1 Å². The van der Waals surface area contributed by atoms with Crippen molar-refractivity contribution < 1.29 is 8.42 Å². The lowest BCUT2D eigenvalue weighted by Gasteiger charge is -2.06. The Morgan fingerprint density at radius 1 is 1.35 bits per heavy atom. The van der Waals surface area contributed by atoms with Gasteiger partial charge in [0.1, 0.15) is 0 Å². The molecule has 0 aliphatic carbocycles. The standard InChI is InChI=1S/C12H16N4O2S2/c1-16-7-6-12(14-16)15-20(17,18)9-8-19-11-5-3-2-4-10(11)13/h2-7H,8-9,13H2,1H3,(H,14,15). The fourth-order valence-corrected chi connectivity index (χ4v) is 3.92. The number of nitrogens with one attached hydrogen (secondary N) is 1. The van der Waals surface area contributed by atoms with Crippen LogP contribution in [0.15, 0.2) is 41.4 Å². The largest absolute Gasteiger partial charge is 0.398 e. The second-order valence-electron chi connectivity index (χ2n) is 4.18. The Morgan fingerprint density at radius 2 is 2.10 bits per heavy atom. The van der Waals surface area contributed by atoms with E-state index in [2.05, 4.69) is 9.82 Å². The summed E-state index contributed by atoms with van der Waals surface area (Å²) in [6.45, 7) is 0. The van der Waals surface area contributed by atoms with Crippen LogP contribution in [-0.4, -0.2) is 29.7 Å². The van der Waals surface area contributed by atoms with Gasteiger partial charge in [-0.2, -0.15) is 5.10 Å². The van der Waals surface area contributed by atoms with E-state index in [4.69, 9.17) is 5.73 Å². The van der Waals surface area contributed by atoms with E-state index in [1.165, 1.54) is 16.4 Å². The van der Waals surface area contributed by atoms with Crippen LogP contribution in [0.3, 0.4) is 0 Å². The molecular formula is C12H16N4O2S2. The first-order chi connectivity index (χ1) is 9.46. The van der Waals surface area contributed by atoms with Gasteiger partial charge in [-0.3, -0.25) is 9.40 Å². The molecule has 0 amide bonds. The first kappa shape index (κ1) is 14.7. The first-order valence-electron chi connectivity index (χ1n) is 5.94. The van der Waals surface area contributed by atoms with Crippen molar-refractivity contribution in [2.45, 2.75) is 4.90 Å². The van der Waals surface area contributed by atoms with Gasteiger partial charge in [0, 0.05) is 35.6 Å². The van der Waals surface area contributed by atoms with Crippen molar-refractivity contribution in [3.8, 4) is 0 Å². The number of rotatable bonds is 6. The molecule has 0 fully saturated rings. The molecular weight excluding hydrogens is 296 g/mol. The average Bonchev–Trinajstić information content (AvgIpc) is 2.76. The number of aromatic nitrogens is 2. The third-order valence-corrected chi connectivity index (χ3v) is 5.11. The molecule has 0 spiro atoms.